The molecule has 5 heteroatoms. The quantitative estimate of drug-likeness (QED) is 0.109. The standard InChI is InChI=1S/C24H16NO.C11H20O2.Ir/c1-14-11-15(2)13-16(12-14)23-20-8-7-18-17-5-3-4-6-21(17)24(26)22(18)19(20)9-10-25-23;1-8(2)5-10(12)7-11(13)6-9(3)4;/h3-12H,1-2H3;7-9,12H,5-6H2,1-4H3;/q-1;;/b;10-7-;. The maximum Gasteiger partial charge on any atom is 0.194 e. The minimum Gasteiger partial charge on any atom is -0.512 e. The first-order valence-corrected chi connectivity index (χ1v) is 13.5. The van der Waals surface area contributed by atoms with Crippen LogP contribution in [-0.2, 0) is 24.9 Å². The number of aliphatic hydroxyl groups excluding tert-OH is 1. The summed E-state index contributed by atoms with van der Waals surface area (Å²) in [5, 5.41) is 11.3. The van der Waals surface area contributed by atoms with Gasteiger partial charge in [0.15, 0.2) is 11.6 Å². The Bertz CT molecular complexity index is 1560. The van der Waals surface area contributed by atoms with Crippen molar-refractivity contribution in [1.82, 2.24) is 4.98 Å². The molecule has 0 amide bonds. The number of aromatic nitrogens is 1. The molecule has 5 rings (SSSR count). The number of fused-ring (bicyclic) bond motifs is 5. The molecule has 0 unspecified atom stereocenters. The van der Waals surface area contributed by atoms with Crippen LogP contribution < -0.4 is 0 Å². The zero-order valence-electron chi connectivity index (χ0n) is 24.0. The second kappa shape index (κ2) is 13.3. The second-order valence-corrected chi connectivity index (χ2v) is 11.2. The third kappa shape index (κ3) is 7.02. The Labute approximate surface area is 250 Å². The number of rotatable bonds is 6. The minimum atomic E-state index is 0. The second-order valence-electron chi connectivity index (χ2n) is 11.2. The molecular formula is C35H36IrNO3-. The van der Waals surface area contributed by atoms with Crippen LogP contribution in [0.15, 0.2) is 72.6 Å². The molecule has 4 aromatic rings. The van der Waals surface area contributed by atoms with Crippen molar-refractivity contribution >= 4 is 22.3 Å². The number of ketones is 2. The van der Waals surface area contributed by atoms with E-state index in [1.165, 1.54) is 11.6 Å². The molecule has 1 N–H and O–H groups in total. The van der Waals surface area contributed by atoms with E-state index in [1.54, 1.807) is 6.20 Å². The third-order valence-corrected chi connectivity index (χ3v) is 6.59. The van der Waals surface area contributed by atoms with Crippen molar-refractivity contribution in [3.63, 3.8) is 0 Å². The zero-order chi connectivity index (χ0) is 28.3. The van der Waals surface area contributed by atoms with Crippen LogP contribution in [0.5, 0.6) is 0 Å². The Balaban J connectivity index is 0.000000272. The monoisotopic (exact) mass is 711 g/mol. The molecule has 1 aliphatic rings. The van der Waals surface area contributed by atoms with Crippen LogP contribution >= 0.6 is 0 Å². The van der Waals surface area contributed by atoms with Crippen molar-refractivity contribution in [2.75, 3.05) is 0 Å². The number of pyridine rings is 1. The minimum absolute atomic E-state index is 0. The number of aryl methyl sites for hydroxylation is 2. The summed E-state index contributed by atoms with van der Waals surface area (Å²) in [5.74, 6) is 1.08. The first-order valence-electron chi connectivity index (χ1n) is 13.5. The topological polar surface area (TPSA) is 67.3 Å². The van der Waals surface area contributed by atoms with Gasteiger partial charge in [0.2, 0.25) is 0 Å². The van der Waals surface area contributed by atoms with Crippen LogP contribution in [0.25, 0.3) is 33.2 Å². The van der Waals surface area contributed by atoms with Crippen LogP contribution in [0.3, 0.4) is 0 Å². The first-order chi connectivity index (χ1) is 18.5. The average molecular weight is 711 g/mol. The maximum absolute atomic E-state index is 13.0. The normalized spacial score (nSPS) is 12.1. The predicted molar refractivity (Wildman–Crippen MR) is 159 cm³/mol. The summed E-state index contributed by atoms with van der Waals surface area (Å²) < 4.78 is 0. The van der Waals surface area contributed by atoms with E-state index in [1.807, 2.05) is 65.0 Å². The SMILES string of the molecule is CC(C)CC(=O)/C=C(\O)CC(C)C.Cc1[c-]c(-c2nccc3c4c(ccc23)-c2ccccc2C4=O)cc(C)c1.[Ir]. The van der Waals surface area contributed by atoms with Crippen molar-refractivity contribution in [3.05, 3.63) is 101 Å². The number of allylic oxidation sites excluding steroid dienone is 2. The summed E-state index contributed by atoms with van der Waals surface area (Å²) in [6.45, 7) is 12.1. The molecule has 0 atom stereocenters. The van der Waals surface area contributed by atoms with Gasteiger partial charge < -0.3 is 10.1 Å². The molecule has 4 nitrogen and oxygen atoms in total. The molecule has 1 heterocycles. The van der Waals surface area contributed by atoms with E-state index in [0.29, 0.717) is 24.7 Å². The number of carbonyl (C=O) groups is 2. The largest absolute Gasteiger partial charge is 0.512 e. The van der Waals surface area contributed by atoms with Crippen LogP contribution in [-0.4, -0.2) is 21.7 Å². The van der Waals surface area contributed by atoms with Crippen LogP contribution in [0.2, 0.25) is 0 Å². The molecule has 3 aromatic carbocycles. The number of aliphatic hydroxyl groups is 1. The Kier molecular flexibility index (Phi) is 10.4. The van der Waals surface area contributed by atoms with Crippen molar-refractivity contribution in [2.45, 2.75) is 54.4 Å². The van der Waals surface area contributed by atoms with Crippen LogP contribution in [0.4, 0.5) is 0 Å². The Morgan fingerprint density at radius 2 is 1.57 bits per heavy atom. The summed E-state index contributed by atoms with van der Waals surface area (Å²) in [4.78, 5) is 28.9. The van der Waals surface area contributed by atoms with Crippen LogP contribution in [0.1, 0.15) is 67.6 Å². The van der Waals surface area contributed by atoms with Gasteiger partial charge in [-0.2, -0.15) is 0 Å². The van der Waals surface area contributed by atoms with Gasteiger partial charge in [-0.3, -0.25) is 9.59 Å². The molecule has 1 radical (unpaired) electrons. The molecule has 209 valence electrons. The number of hydrogen-bond acceptors (Lipinski definition) is 4. The number of carbonyl (C=O) groups excluding carboxylic acids is 2. The van der Waals surface area contributed by atoms with Gasteiger partial charge in [-0.05, 0) is 45.5 Å². The summed E-state index contributed by atoms with van der Waals surface area (Å²) in [6, 6.07) is 21.5. The zero-order valence-corrected chi connectivity index (χ0v) is 26.4. The molecule has 1 aromatic heterocycles. The fraction of sp³-hybridized carbons (Fsp3) is 0.286. The predicted octanol–water partition coefficient (Wildman–Crippen LogP) is 8.62. The van der Waals surface area contributed by atoms with Crippen molar-refractivity contribution in [2.24, 2.45) is 11.8 Å². The van der Waals surface area contributed by atoms with E-state index < -0.39 is 0 Å². The van der Waals surface area contributed by atoms with E-state index in [0.717, 1.165) is 49.8 Å². The maximum atomic E-state index is 13.0. The van der Waals surface area contributed by atoms with E-state index in [9.17, 15) is 14.7 Å². The third-order valence-electron chi connectivity index (χ3n) is 6.59. The molecule has 40 heavy (non-hydrogen) atoms. The number of nitrogens with zero attached hydrogens (tertiary/aromatic N) is 1. The van der Waals surface area contributed by atoms with Crippen LogP contribution in [0, 0.1) is 31.7 Å². The molecule has 0 bridgehead atoms. The summed E-state index contributed by atoms with van der Waals surface area (Å²) in [7, 11) is 0. The Morgan fingerprint density at radius 3 is 2.23 bits per heavy atom. The summed E-state index contributed by atoms with van der Waals surface area (Å²) in [6.07, 6.45) is 4.26. The summed E-state index contributed by atoms with van der Waals surface area (Å²) in [5.41, 5.74) is 7.72. The van der Waals surface area contributed by atoms with Gasteiger partial charge in [-0.15, -0.1) is 34.9 Å². The fourth-order valence-corrected chi connectivity index (χ4v) is 5.14. The van der Waals surface area contributed by atoms with Crippen molar-refractivity contribution in [1.29, 1.82) is 0 Å². The number of hydrogen-bond donors (Lipinski definition) is 1. The Morgan fingerprint density at radius 1 is 0.900 bits per heavy atom. The molecule has 0 saturated carbocycles. The van der Waals surface area contributed by atoms with Gasteiger partial charge in [0, 0.05) is 56.3 Å². The van der Waals surface area contributed by atoms with Gasteiger partial charge in [-0.25, -0.2) is 0 Å². The summed E-state index contributed by atoms with van der Waals surface area (Å²) >= 11 is 0. The Hall–Kier alpha value is -3.40. The van der Waals surface area contributed by atoms with E-state index in [2.05, 4.69) is 42.2 Å². The van der Waals surface area contributed by atoms with Crippen molar-refractivity contribution in [3.8, 4) is 22.4 Å². The first kappa shape index (κ1) is 31.1. The van der Waals surface area contributed by atoms with E-state index in [4.69, 9.17) is 0 Å². The smallest absolute Gasteiger partial charge is 0.194 e. The van der Waals surface area contributed by atoms with Gasteiger partial charge in [0.25, 0.3) is 0 Å². The van der Waals surface area contributed by atoms with E-state index >= 15 is 0 Å². The molecule has 0 fully saturated rings. The van der Waals surface area contributed by atoms with E-state index in [-0.39, 0.29) is 37.4 Å². The molecule has 0 spiro atoms. The van der Waals surface area contributed by atoms with Crippen molar-refractivity contribution < 1.29 is 34.8 Å². The fourth-order valence-electron chi connectivity index (χ4n) is 5.14. The molecule has 0 saturated heterocycles. The van der Waals surface area contributed by atoms with Gasteiger partial charge in [0.05, 0.1) is 5.76 Å². The molecule has 1 aliphatic carbocycles. The van der Waals surface area contributed by atoms with Gasteiger partial charge >= 0.3 is 0 Å². The molecular weight excluding hydrogens is 675 g/mol. The molecule has 0 aliphatic heterocycles. The van der Waals surface area contributed by atoms with Gasteiger partial charge in [0.1, 0.15) is 0 Å². The average Bonchev–Trinajstić information content (AvgIpc) is 3.15. The number of benzene rings is 3. The van der Waals surface area contributed by atoms with Gasteiger partial charge in [-0.1, -0.05) is 77.9 Å².